The third kappa shape index (κ3) is 11.5. The zero-order valence-electron chi connectivity index (χ0n) is 30.5. The molecule has 3 nitrogen and oxygen atoms in total. The number of hydrogen-bond donors (Lipinski definition) is 0. The van der Waals surface area contributed by atoms with E-state index >= 15 is 0 Å². The van der Waals surface area contributed by atoms with E-state index in [2.05, 4.69) is 182 Å². The average molecular weight is 789 g/mol. The molecule has 0 heterocycles. The van der Waals surface area contributed by atoms with Gasteiger partial charge >= 0.3 is 0 Å². The van der Waals surface area contributed by atoms with Crippen LogP contribution in [-0.2, 0) is 17.1 Å². The smallest absolute Gasteiger partial charge is 0.111 e. The molecule has 7 rings (SSSR count). The molecule has 2 atom stereocenters. The van der Waals surface area contributed by atoms with Crippen molar-refractivity contribution in [1.82, 2.24) is 0 Å². The van der Waals surface area contributed by atoms with E-state index in [0.717, 1.165) is 12.8 Å². The fourth-order valence-electron chi connectivity index (χ4n) is 6.84. The fourth-order valence-corrected chi connectivity index (χ4v) is 12.3. The quantitative estimate of drug-likeness (QED) is 0.0592. The van der Waals surface area contributed by atoms with Crippen LogP contribution in [0.25, 0.3) is 0 Å². The molecule has 276 valence electrons. The van der Waals surface area contributed by atoms with Gasteiger partial charge in [-0.25, -0.2) is 0 Å². The molecule has 2 unspecified atom stereocenters. The van der Waals surface area contributed by atoms with Crippen molar-refractivity contribution in [3.05, 3.63) is 188 Å². The van der Waals surface area contributed by atoms with Crippen LogP contribution in [0.3, 0.4) is 0 Å². The second-order valence-electron chi connectivity index (χ2n) is 12.6. The molecule has 6 aromatic rings. The van der Waals surface area contributed by atoms with Crippen LogP contribution in [0, 0.1) is 18.8 Å². The Labute approximate surface area is 337 Å². The van der Waals surface area contributed by atoms with Gasteiger partial charge in [0.2, 0.25) is 0 Å². The maximum absolute atomic E-state index is 7.32. The van der Waals surface area contributed by atoms with Gasteiger partial charge in [0.15, 0.2) is 0 Å². The summed E-state index contributed by atoms with van der Waals surface area (Å²) in [5.41, 5.74) is 2.44. The van der Waals surface area contributed by atoms with Gasteiger partial charge in [0, 0.05) is 47.5 Å². The summed E-state index contributed by atoms with van der Waals surface area (Å²) in [5, 5.41) is 15.6. The second-order valence-corrected chi connectivity index (χ2v) is 17.5. The normalized spacial score (nSPS) is 14.9. The molecule has 0 aliphatic heterocycles. The van der Waals surface area contributed by atoms with Gasteiger partial charge in [0.1, 0.15) is 31.8 Å². The Balaban J connectivity index is 0.00000127. The molecule has 1 fully saturated rings. The standard InChI is InChI=1S/C44H40N2P2.C2H3N.CH4.CH3.Fe/c1-5-21-37(22-6-1)47(38-23-7-2-8-24-38)43-31-17-13-19-35(43)33-45-41-29-15-16-30-42(41)46-34-36-20-14-18-32-44(36)48(39-25-9-3-10-26-39)40-27-11-4-12-28-40;1-2-3;;;/h1-14,17-28,31-34,41-42H,15-16,29-30H2;1H3;1H4;1H3;/q;;;-1;/p+2. The van der Waals surface area contributed by atoms with E-state index in [1.54, 1.807) is 6.07 Å². The Bertz CT molecular complexity index is 1830. The largest absolute Gasteiger partial charge is 0.358 e. The predicted octanol–water partition coefficient (Wildman–Crippen LogP) is 9.13. The Morgan fingerprint density at radius 3 is 1.06 bits per heavy atom. The van der Waals surface area contributed by atoms with Crippen molar-refractivity contribution in [1.29, 1.82) is 5.26 Å². The van der Waals surface area contributed by atoms with E-state index in [4.69, 9.17) is 15.2 Å². The number of benzene rings is 6. The summed E-state index contributed by atoms with van der Waals surface area (Å²) < 4.78 is 0. The van der Waals surface area contributed by atoms with Crippen LogP contribution in [-0.4, -0.2) is 24.5 Å². The zero-order chi connectivity index (χ0) is 35.1. The van der Waals surface area contributed by atoms with Gasteiger partial charge in [-0.1, -0.05) is 117 Å². The second kappa shape index (κ2) is 23.3. The first-order valence-corrected chi connectivity index (χ1v) is 20.8. The summed E-state index contributed by atoms with van der Waals surface area (Å²) in [4.78, 5) is 10.6. The monoisotopic (exact) mass is 788 g/mol. The Hall–Kier alpha value is -4.47. The van der Waals surface area contributed by atoms with Crippen molar-refractivity contribution in [3.8, 4) is 6.07 Å². The van der Waals surface area contributed by atoms with Crippen LogP contribution >= 0.6 is 15.8 Å². The van der Waals surface area contributed by atoms with Crippen molar-refractivity contribution in [2.24, 2.45) is 9.98 Å². The first kappa shape index (κ1) is 43.9. The van der Waals surface area contributed by atoms with E-state index in [1.165, 1.54) is 62.7 Å². The molecule has 0 spiro atoms. The van der Waals surface area contributed by atoms with E-state index < -0.39 is 15.8 Å². The number of nitrogens with zero attached hydrogens (tertiary/aromatic N) is 3. The first-order valence-electron chi connectivity index (χ1n) is 17.8. The molecule has 0 N–H and O–H groups in total. The van der Waals surface area contributed by atoms with Crippen molar-refractivity contribution in [3.63, 3.8) is 0 Å². The predicted molar refractivity (Wildman–Crippen MR) is 239 cm³/mol. The van der Waals surface area contributed by atoms with Crippen molar-refractivity contribution in [2.75, 3.05) is 0 Å². The van der Waals surface area contributed by atoms with E-state index in [0.29, 0.717) is 0 Å². The molecule has 0 radical (unpaired) electrons. The minimum atomic E-state index is -1.19. The van der Waals surface area contributed by atoms with E-state index in [9.17, 15) is 0 Å². The molecule has 0 amide bonds. The minimum Gasteiger partial charge on any atom is -0.358 e. The maximum Gasteiger partial charge on any atom is 0.111 e. The number of aliphatic imine (C=N–C) groups is 2. The van der Waals surface area contributed by atoms with Crippen molar-refractivity contribution in [2.45, 2.75) is 52.1 Å². The van der Waals surface area contributed by atoms with Gasteiger partial charge in [-0.15, -0.1) is 0 Å². The summed E-state index contributed by atoms with van der Waals surface area (Å²) >= 11 is 0. The van der Waals surface area contributed by atoms with Crippen LogP contribution in [0.5, 0.6) is 0 Å². The zero-order valence-corrected chi connectivity index (χ0v) is 33.6. The van der Waals surface area contributed by atoms with Gasteiger partial charge < -0.3 is 7.43 Å². The Morgan fingerprint density at radius 2 is 0.759 bits per heavy atom. The van der Waals surface area contributed by atoms with Crippen molar-refractivity contribution < 1.29 is 17.1 Å². The van der Waals surface area contributed by atoms with Crippen LogP contribution in [0.15, 0.2) is 180 Å². The number of hydrogen-bond acceptors (Lipinski definition) is 3. The van der Waals surface area contributed by atoms with Gasteiger partial charge in [0.25, 0.3) is 0 Å². The van der Waals surface area contributed by atoms with Gasteiger partial charge in [0.05, 0.1) is 34.0 Å². The third-order valence-electron chi connectivity index (χ3n) is 9.21. The Morgan fingerprint density at radius 1 is 0.500 bits per heavy atom. The molecule has 6 heteroatoms. The number of nitriles is 1. The van der Waals surface area contributed by atoms with Crippen LogP contribution in [0.4, 0.5) is 0 Å². The van der Waals surface area contributed by atoms with E-state index in [1.807, 2.05) is 0 Å². The molecule has 1 aliphatic rings. The summed E-state index contributed by atoms with van der Waals surface area (Å²) in [5.74, 6) is 0. The minimum absolute atomic E-state index is 0. The van der Waals surface area contributed by atoms with Gasteiger partial charge in [-0.05, 0) is 85.6 Å². The average Bonchev–Trinajstić information content (AvgIpc) is 3.20. The molecule has 1 aliphatic carbocycles. The maximum atomic E-state index is 7.32. The molecule has 0 saturated heterocycles. The van der Waals surface area contributed by atoms with Crippen LogP contribution in [0.1, 0.15) is 51.2 Å². The summed E-state index contributed by atoms with van der Waals surface area (Å²) in [6.45, 7) is 1.43. The Kier molecular flexibility index (Phi) is 19.0. The van der Waals surface area contributed by atoms with E-state index in [-0.39, 0.29) is 44.0 Å². The summed E-state index contributed by atoms with van der Waals surface area (Å²) in [6, 6.07) is 63.8. The van der Waals surface area contributed by atoms with Crippen LogP contribution < -0.4 is 31.8 Å². The molecule has 0 aromatic heterocycles. The molecule has 1 saturated carbocycles. The van der Waals surface area contributed by atoms with Crippen molar-refractivity contribution >= 4 is 60.1 Å². The van der Waals surface area contributed by atoms with Crippen LogP contribution in [0.2, 0.25) is 0 Å². The third-order valence-corrected chi connectivity index (χ3v) is 14.8. The molecular formula is C48H52FeN3P2+. The molecule has 6 aromatic carbocycles. The first-order chi connectivity index (χ1) is 25.3. The SMILES string of the molecule is C.C(=NC1CCCCC1N=Cc1ccccc1[PH+](c1ccccc1)c1ccccc1)c1ccccc1[PH+](c1ccccc1)c1ccccc1.CC#N.[CH3-].[Fe]. The summed E-state index contributed by atoms with van der Waals surface area (Å²) in [7, 11) is -2.39. The van der Waals surface area contributed by atoms with Gasteiger partial charge in [-0.2, -0.15) is 5.26 Å². The molecule has 54 heavy (non-hydrogen) atoms. The molecular weight excluding hydrogens is 736 g/mol. The van der Waals surface area contributed by atoms with Gasteiger partial charge in [-0.3, -0.25) is 9.98 Å². The fraction of sp³-hybridized carbons (Fsp3) is 0.167. The topological polar surface area (TPSA) is 48.5 Å². The number of rotatable bonds is 10. The summed E-state index contributed by atoms with van der Waals surface area (Å²) in [6.07, 6.45) is 8.85. The molecule has 0 bridgehead atoms.